The molecule has 5 fully saturated rings. The Labute approximate surface area is 384 Å². The number of amides is 1. The molecule has 2 atom stereocenters. The summed E-state index contributed by atoms with van der Waals surface area (Å²) >= 11 is 0. The molecule has 1 amide bonds. The van der Waals surface area contributed by atoms with Crippen LogP contribution in [-0.2, 0) is 14.8 Å². The van der Waals surface area contributed by atoms with Crippen LogP contribution in [0.2, 0.25) is 0 Å². The highest BCUT2D eigenvalue weighted by atomic mass is 32.2. The van der Waals surface area contributed by atoms with Crippen molar-refractivity contribution in [3.8, 4) is 11.5 Å². The molecule has 5 aliphatic rings. The number of hydrogen-bond donors (Lipinski definition) is 4. The predicted molar refractivity (Wildman–Crippen MR) is 249 cm³/mol. The number of fused-ring (bicyclic) bond motifs is 1. The van der Waals surface area contributed by atoms with Crippen LogP contribution in [0.4, 0.5) is 17.2 Å². The molecule has 2 saturated heterocycles. The van der Waals surface area contributed by atoms with Crippen LogP contribution in [-0.4, -0.2) is 94.7 Å². The van der Waals surface area contributed by atoms with Gasteiger partial charge in [0.05, 0.1) is 47.7 Å². The third-order valence-electron chi connectivity index (χ3n) is 15.0. The maximum absolute atomic E-state index is 14.0. The van der Waals surface area contributed by atoms with Crippen molar-refractivity contribution in [1.29, 1.82) is 0 Å². The number of aromatic amines is 1. The lowest BCUT2D eigenvalue weighted by Gasteiger charge is -2.59. The van der Waals surface area contributed by atoms with E-state index >= 15 is 0 Å². The van der Waals surface area contributed by atoms with Crippen molar-refractivity contribution in [2.75, 3.05) is 43.1 Å². The van der Waals surface area contributed by atoms with E-state index in [-0.39, 0.29) is 34.5 Å². The summed E-state index contributed by atoms with van der Waals surface area (Å²) in [6.45, 7) is 7.58. The standard InChI is InChI=1S/C49H58N8O8S/c1-31-29-64-30-43(40-6-4-3-5-39(40)33-7-8-33)56(31)36-24-49(25-36)16-19-55(20-17-49)35-9-10-41(44(22-35)65-37-21-34-13-18-50-45(34)52-27-37)47(58)54-66(62,63)38-23-42(57(60)61)46(53-28-38)51-26-32-11-14-48(2,59)15-12-32/h3-6,9-10,13,18,21-23,27-28,31-33,36,43,59H,7-8,11-12,14-17,19-20,24-26,29-30H2,1-2H3,(H,50,52)(H,51,53)(H,54,58)/t31?,32-,43-,48-/m0/s1. The number of nitrogens with one attached hydrogen (secondary N) is 3. The van der Waals surface area contributed by atoms with Crippen LogP contribution in [0.15, 0.2) is 84.1 Å². The maximum Gasteiger partial charge on any atom is 0.312 e. The first-order valence-electron chi connectivity index (χ1n) is 23.3. The molecule has 16 nitrogen and oxygen atoms in total. The van der Waals surface area contributed by atoms with Crippen molar-refractivity contribution >= 4 is 44.2 Å². The first-order valence-corrected chi connectivity index (χ1v) is 24.8. The summed E-state index contributed by atoms with van der Waals surface area (Å²) in [4.78, 5) is 41.6. The minimum absolute atomic E-state index is 0.0449. The van der Waals surface area contributed by atoms with E-state index in [0.717, 1.165) is 88.2 Å². The average molecular weight is 919 g/mol. The van der Waals surface area contributed by atoms with E-state index in [0.29, 0.717) is 48.8 Å². The quantitative estimate of drug-likeness (QED) is 0.0650. The molecule has 0 radical (unpaired) electrons. The Morgan fingerprint density at radius 3 is 2.48 bits per heavy atom. The zero-order chi connectivity index (χ0) is 45.8. The molecule has 348 valence electrons. The van der Waals surface area contributed by atoms with E-state index in [1.807, 2.05) is 6.07 Å². The summed E-state index contributed by atoms with van der Waals surface area (Å²) in [5.74, 6) is 0.275. The molecular weight excluding hydrogens is 861 g/mol. The number of carbonyl (C=O) groups is 1. The Morgan fingerprint density at radius 2 is 1.74 bits per heavy atom. The molecule has 3 aromatic heterocycles. The van der Waals surface area contributed by atoms with Gasteiger partial charge < -0.3 is 29.8 Å². The third kappa shape index (κ3) is 9.09. The molecule has 2 aliphatic heterocycles. The second-order valence-corrected chi connectivity index (χ2v) is 21.4. The van der Waals surface area contributed by atoms with Crippen LogP contribution in [0.25, 0.3) is 11.0 Å². The van der Waals surface area contributed by atoms with E-state index in [4.69, 9.17) is 9.47 Å². The van der Waals surface area contributed by atoms with Crippen molar-refractivity contribution < 1.29 is 32.7 Å². The fourth-order valence-corrected chi connectivity index (χ4v) is 11.9. The molecule has 3 aliphatic carbocycles. The van der Waals surface area contributed by atoms with Crippen LogP contribution in [0.1, 0.15) is 112 Å². The van der Waals surface area contributed by atoms with Crippen LogP contribution in [0.5, 0.6) is 11.5 Å². The summed E-state index contributed by atoms with van der Waals surface area (Å²) < 4.78 is 42.1. The number of morpholine rings is 1. The minimum atomic E-state index is -4.63. The molecule has 3 saturated carbocycles. The van der Waals surface area contributed by atoms with Crippen molar-refractivity contribution in [1.82, 2.24) is 24.6 Å². The molecule has 1 unspecified atom stereocenters. The van der Waals surface area contributed by atoms with Crippen LogP contribution in [0, 0.1) is 21.4 Å². The number of H-pyrrole nitrogens is 1. The number of benzene rings is 2. The highest BCUT2D eigenvalue weighted by molar-refractivity contribution is 7.90. The minimum Gasteiger partial charge on any atom is -0.455 e. The zero-order valence-electron chi connectivity index (χ0n) is 37.4. The first-order chi connectivity index (χ1) is 31.7. The van der Waals surface area contributed by atoms with Gasteiger partial charge >= 0.3 is 5.69 Å². The predicted octanol–water partition coefficient (Wildman–Crippen LogP) is 8.22. The van der Waals surface area contributed by atoms with Gasteiger partial charge in [-0.3, -0.25) is 19.8 Å². The summed E-state index contributed by atoms with van der Waals surface area (Å²) in [5.41, 5.74) is 3.37. The Kier molecular flexibility index (Phi) is 11.8. The Morgan fingerprint density at radius 1 is 0.985 bits per heavy atom. The van der Waals surface area contributed by atoms with Crippen molar-refractivity contribution in [3.05, 3.63) is 106 Å². The molecule has 2 aromatic carbocycles. The number of aromatic nitrogens is 3. The lowest BCUT2D eigenvalue weighted by Crippen LogP contribution is -2.60. The van der Waals surface area contributed by atoms with Gasteiger partial charge in [-0.15, -0.1) is 0 Å². The number of carbonyl (C=O) groups excluding carboxylic acids is 1. The molecule has 5 aromatic rings. The van der Waals surface area contributed by atoms with Gasteiger partial charge in [0.25, 0.3) is 15.9 Å². The Bertz CT molecular complexity index is 2730. The molecule has 0 bridgehead atoms. The van der Waals surface area contributed by atoms with Gasteiger partial charge in [0.1, 0.15) is 22.0 Å². The molecule has 1 spiro atoms. The lowest BCUT2D eigenvalue weighted by molar-refractivity contribution is -0.384. The van der Waals surface area contributed by atoms with Gasteiger partial charge in [0.15, 0.2) is 0 Å². The van der Waals surface area contributed by atoms with E-state index in [2.05, 4.69) is 66.0 Å². The molecule has 10 rings (SSSR count). The number of anilines is 2. The molecular formula is C49H58N8O8S. The zero-order valence-corrected chi connectivity index (χ0v) is 38.3. The number of sulfonamides is 1. The van der Waals surface area contributed by atoms with Crippen LogP contribution >= 0.6 is 0 Å². The average Bonchev–Trinajstić information content (AvgIpc) is 4.04. The second-order valence-electron chi connectivity index (χ2n) is 19.7. The smallest absolute Gasteiger partial charge is 0.312 e. The van der Waals surface area contributed by atoms with Gasteiger partial charge in [-0.05, 0) is 131 Å². The van der Waals surface area contributed by atoms with Gasteiger partial charge in [0.2, 0.25) is 5.82 Å². The van der Waals surface area contributed by atoms with E-state index in [1.165, 1.54) is 30.2 Å². The summed E-state index contributed by atoms with van der Waals surface area (Å²) in [6.07, 6.45) is 13.9. The topological polar surface area (TPSA) is 205 Å². The first kappa shape index (κ1) is 44.2. The van der Waals surface area contributed by atoms with Crippen molar-refractivity contribution in [2.45, 2.75) is 113 Å². The van der Waals surface area contributed by atoms with E-state index in [1.54, 1.807) is 37.4 Å². The number of nitro groups is 1. The summed E-state index contributed by atoms with van der Waals surface area (Å²) in [6, 6.07) is 19.7. The molecule has 4 N–H and O–H groups in total. The van der Waals surface area contributed by atoms with Crippen molar-refractivity contribution in [3.63, 3.8) is 0 Å². The largest absolute Gasteiger partial charge is 0.455 e. The monoisotopic (exact) mass is 918 g/mol. The SMILES string of the molecule is CC1COC[C@@H](c2ccccc2C2CC2)N1C1CC2(CCN(c3ccc(C(=O)NS(=O)(=O)c4cnc(NC[C@H]5CC[C@](C)(O)CC5)c([N+](=O)[O-])c4)c(Oc4cnc5[nH]ccc5c4)c3)CC2)C1. The molecule has 66 heavy (non-hydrogen) atoms. The third-order valence-corrected chi connectivity index (χ3v) is 16.3. The van der Waals surface area contributed by atoms with Gasteiger partial charge in [0, 0.05) is 61.1 Å². The fourth-order valence-electron chi connectivity index (χ4n) is 11.0. The number of ether oxygens (including phenoxy) is 2. The van der Waals surface area contributed by atoms with Gasteiger partial charge in [-0.1, -0.05) is 24.3 Å². The number of nitrogens with zero attached hydrogens (tertiary/aromatic N) is 5. The number of hydrogen-bond acceptors (Lipinski definition) is 13. The van der Waals surface area contributed by atoms with Crippen LogP contribution in [0.3, 0.4) is 0 Å². The van der Waals surface area contributed by atoms with Gasteiger partial charge in [-0.25, -0.2) is 23.1 Å². The fraction of sp³-hybridized carbons (Fsp3) is 0.490. The lowest BCUT2D eigenvalue weighted by atomic mass is 9.59. The Balaban J connectivity index is 0.840. The maximum atomic E-state index is 14.0. The summed E-state index contributed by atoms with van der Waals surface area (Å²) in [7, 11) is -4.63. The molecule has 17 heteroatoms. The van der Waals surface area contributed by atoms with E-state index < -0.39 is 37.0 Å². The highest BCUT2D eigenvalue weighted by Crippen LogP contribution is 2.54. The summed E-state index contributed by atoms with van der Waals surface area (Å²) in [5, 5.41) is 26.2. The van der Waals surface area contributed by atoms with Crippen molar-refractivity contribution in [2.24, 2.45) is 11.3 Å². The van der Waals surface area contributed by atoms with Gasteiger partial charge in [-0.2, -0.15) is 0 Å². The normalized spacial score (nSPS) is 24.8. The Hall–Kier alpha value is -5.62. The molecule has 5 heterocycles. The second kappa shape index (κ2) is 17.6. The van der Waals surface area contributed by atoms with E-state index in [9.17, 15) is 28.4 Å². The number of pyridine rings is 2. The number of piperidine rings is 1. The highest BCUT2D eigenvalue weighted by Gasteiger charge is 2.51. The number of rotatable bonds is 13. The van der Waals surface area contributed by atoms with Crippen LogP contribution < -0.4 is 19.7 Å². The number of aliphatic hydroxyl groups is 1.